The average molecular weight is 344 g/mol. The number of carbonyl (C=O) groups is 1. The Balaban J connectivity index is 0.000000271. The molecule has 0 saturated carbocycles. The van der Waals surface area contributed by atoms with Gasteiger partial charge in [0.25, 0.3) is 0 Å². The van der Waals surface area contributed by atoms with Crippen LogP contribution in [0.25, 0.3) is 0 Å². The van der Waals surface area contributed by atoms with Gasteiger partial charge in [-0.25, -0.2) is 4.79 Å². The number of aliphatic hydroxyl groups is 1. The normalized spacial score (nSPS) is 10.7. The third-order valence-corrected chi connectivity index (χ3v) is 2.73. The zero-order valence-electron chi connectivity index (χ0n) is 14.6. The molecule has 2 aromatic carbocycles. The molecule has 5 nitrogen and oxygen atoms in total. The summed E-state index contributed by atoms with van der Waals surface area (Å²) in [5, 5.41) is 8.78. The highest BCUT2D eigenvalue weighted by Crippen LogP contribution is 2.09. The molecular weight excluding hydrogens is 320 g/mol. The van der Waals surface area contributed by atoms with E-state index in [1.807, 2.05) is 48.5 Å². The van der Waals surface area contributed by atoms with E-state index in [2.05, 4.69) is 6.58 Å². The lowest BCUT2D eigenvalue weighted by Gasteiger charge is -2.06. The Kier molecular flexibility index (Phi) is 9.48. The summed E-state index contributed by atoms with van der Waals surface area (Å²) in [7, 11) is 0. The van der Waals surface area contributed by atoms with E-state index in [-0.39, 0.29) is 12.6 Å². The summed E-state index contributed by atoms with van der Waals surface area (Å²) in [5.41, 5.74) is 0.398. The van der Waals surface area contributed by atoms with Crippen LogP contribution < -0.4 is 9.47 Å². The number of benzene rings is 2. The Labute approximate surface area is 148 Å². The van der Waals surface area contributed by atoms with Crippen molar-refractivity contribution in [2.45, 2.75) is 20.1 Å². The molecule has 1 unspecified atom stereocenters. The van der Waals surface area contributed by atoms with Crippen LogP contribution in [-0.2, 0) is 9.53 Å². The van der Waals surface area contributed by atoms with E-state index in [1.165, 1.54) is 0 Å². The Bertz CT molecular complexity index is 623. The van der Waals surface area contributed by atoms with Gasteiger partial charge >= 0.3 is 5.97 Å². The van der Waals surface area contributed by atoms with Crippen LogP contribution in [0.4, 0.5) is 0 Å². The smallest absolute Gasteiger partial charge is 0.333 e. The van der Waals surface area contributed by atoms with Gasteiger partial charge in [0.05, 0.1) is 0 Å². The highest BCUT2D eigenvalue weighted by molar-refractivity contribution is 5.86. The first kappa shape index (κ1) is 20.3. The largest absolute Gasteiger partial charge is 0.490 e. The summed E-state index contributed by atoms with van der Waals surface area (Å²) < 4.78 is 15.2. The monoisotopic (exact) mass is 344 g/mol. The second-order valence-electron chi connectivity index (χ2n) is 5.11. The molecular formula is C20H24O5. The molecule has 0 aliphatic carbocycles. The van der Waals surface area contributed by atoms with Crippen LogP contribution >= 0.6 is 0 Å². The Hall–Kier alpha value is -2.79. The van der Waals surface area contributed by atoms with Gasteiger partial charge in [0, 0.05) is 5.57 Å². The minimum atomic E-state index is -0.734. The molecule has 0 saturated heterocycles. The van der Waals surface area contributed by atoms with Gasteiger partial charge in [-0.3, -0.25) is 0 Å². The fourth-order valence-electron chi connectivity index (χ4n) is 1.63. The number of esters is 1. The maximum Gasteiger partial charge on any atom is 0.333 e. The molecule has 0 amide bonds. The molecule has 1 N–H and O–H groups in total. The first-order valence-electron chi connectivity index (χ1n) is 7.89. The van der Waals surface area contributed by atoms with Crippen LogP contribution in [0.1, 0.15) is 13.8 Å². The van der Waals surface area contributed by atoms with Crippen LogP contribution in [0.3, 0.4) is 0 Å². The molecule has 5 heteroatoms. The maximum absolute atomic E-state index is 11.0. The molecule has 0 fully saturated rings. The van der Waals surface area contributed by atoms with Gasteiger partial charge in [0.2, 0.25) is 0 Å². The lowest BCUT2D eigenvalue weighted by molar-refractivity contribution is -0.139. The van der Waals surface area contributed by atoms with E-state index in [1.54, 1.807) is 26.0 Å². The number of hydrogen-bond donors (Lipinski definition) is 1. The molecule has 0 spiro atoms. The van der Waals surface area contributed by atoms with Crippen molar-refractivity contribution in [2.24, 2.45) is 0 Å². The van der Waals surface area contributed by atoms with E-state index >= 15 is 0 Å². The minimum Gasteiger partial charge on any atom is -0.490 e. The molecule has 1 atom stereocenters. The molecule has 134 valence electrons. The van der Waals surface area contributed by atoms with Crippen LogP contribution in [0.15, 0.2) is 72.8 Å². The molecule has 2 rings (SSSR count). The molecule has 25 heavy (non-hydrogen) atoms. The average Bonchev–Trinajstić information content (AvgIpc) is 2.60. The van der Waals surface area contributed by atoms with Gasteiger partial charge in [-0.2, -0.15) is 0 Å². The summed E-state index contributed by atoms with van der Waals surface area (Å²) in [6.45, 7) is 7.25. The van der Waals surface area contributed by atoms with Crippen molar-refractivity contribution in [1.29, 1.82) is 0 Å². The summed E-state index contributed by atoms with van der Waals surface area (Å²) in [5.74, 6) is 1.08. The molecule has 0 bridgehead atoms. The summed E-state index contributed by atoms with van der Waals surface area (Å²) in [6, 6.07) is 18.6. The highest BCUT2D eigenvalue weighted by atomic mass is 16.6. The van der Waals surface area contributed by atoms with E-state index in [4.69, 9.17) is 19.3 Å². The van der Waals surface area contributed by atoms with Gasteiger partial charge in [-0.05, 0) is 38.1 Å². The first-order valence-corrected chi connectivity index (χ1v) is 7.89. The van der Waals surface area contributed by atoms with Gasteiger partial charge in [0.15, 0.2) is 6.29 Å². The second-order valence-corrected chi connectivity index (χ2v) is 5.11. The van der Waals surface area contributed by atoms with Crippen molar-refractivity contribution in [3.63, 3.8) is 0 Å². The zero-order valence-corrected chi connectivity index (χ0v) is 14.6. The van der Waals surface area contributed by atoms with Crippen molar-refractivity contribution in [2.75, 3.05) is 13.2 Å². The Morgan fingerprint density at radius 2 is 1.52 bits per heavy atom. The SMILES string of the molecule is C=C(C)C(=O)OCCOc1ccccc1.CC(O)Oc1ccccc1. The summed E-state index contributed by atoms with van der Waals surface area (Å²) in [6.07, 6.45) is -0.734. The molecule has 0 heterocycles. The fraction of sp³-hybridized carbons (Fsp3) is 0.250. The van der Waals surface area contributed by atoms with Crippen LogP contribution in [0.2, 0.25) is 0 Å². The third kappa shape index (κ3) is 9.84. The van der Waals surface area contributed by atoms with E-state index in [0.29, 0.717) is 17.9 Å². The minimum absolute atomic E-state index is 0.237. The van der Waals surface area contributed by atoms with E-state index in [0.717, 1.165) is 5.75 Å². The number of rotatable bonds is 7. The van der Waals surface area contributed by atoms with E-state index < -0.39 is 6.29 Å². The summed E-state index contributed by atoms with van der Waals surface area (Å²) in [4.78, 5) is 11.0. The lowest BCUT2D eigenvalue weighted by Crippen LogP contribution is -2.12. The van der Waals surface area contributed by atoms with Crippen molar-refractivity contribution < 1.29 is 24.1 Å². The Morgan fingerprint density at radius 1 is 1.00 bits per heavy atom. The summed E-state index contributed by atoms with van der Waals surface area (Å²) >= 11 is 0. The molecule has 2 aromatic rings. The second kappa shape index (κ2) is 11.7. The van der Waals surface area contributed by atoms with Crippen LogP contribution in [0.5, 0.6) is 11.5 Å². The number of para-hydroxylation sites is 2. The lowest BCUT2D eigenvalue weighted by atomic mass is 10.3. The number of hydrogen-bond acceptors (Lipinski definition) is 5. The van der Waals surface area contributed by atoms with Crippen LogP contribution in [0, 0.1) is 0 Å². The predicted molar refractivity (Wildman–Crippen MR) is 96.5 cm³/mol. The van der Waals surface area contributed by atoms with Gasteiger partial charge in [0.1, 0.15) is 24.7 Å². The third-order valence-electron chi connectivity index (χ3n) is 2.73. The van der Waals surface area contributed by atoms with Crippen molar-refractivity contribution in [3.05, 3.63) is 72.8 Å². The standard InChI is InChI=1S/C12H14O3.C8H10O2/c1-10(2)12(13)15-9-8-14-11-6-4-3-5-7-11;1-7(9)10-8-5-3-2-4-6-8/h3-7H,1,8-9H2,2H3;2-7,9H,1H3. The van der Waals surface area contributed by atoms with Gasteiger partial charge in [-0.1, -0.05) is 43.0 Å². The van der Waals surface area contributed by atoms with Gasteiger partial charge < -0.3 is 19.3 Å². The van der Waals surface area contributed by atoms with E-state index in [9.17, 15) is 4.79 Å². The van der Waals surface area contributed by atoms with Crippen molar-refractivity contribution >= 4 is 5.97 Å². The van der Waals surface area contributed by atoms with Crippen molar-refractivity contribution in [3.8, 4) is 11.5 Å². The Morgan fingerprint density at radius 3 is 2.00 bits per heavy atom. The quantitative estimate of drug-likeness (QED) is 0.360. The highest BCUT2D eigenvalue weighted by Gasteiger charge is 2.02. The van der Waals surface area contributed by atoms with Crippen LogP contribution in [-0.4, -0.2) is 30.6 Å². The number of aliphatic hydroxyl groups excluding tert-OH is 1. The zero-order chi connectivity index (χ0) is 18.5. The van der Waals surface area contributed by atoms with Gasteiger partial charge in [-0.15, -0.1) is 0 Å². The maximum atomic E-state index is 11.0. The topological polar surface area (TPSA) is 65.0 Å². The molecule has 0 radical (unpaired) electrons. The molecule has 0 aliphatic rings. The predicted octanol–water partition coefficient (Wildman–Crippen LogP) is 3.59. The number of ether oxygens (including phenoxy) is 3. The fourth-order valence-corrected chi connectivity index (χ4v) is 1.63. The molecule has 0 aliphatic heterocycles. The first-order chi connectivity index (χ1) is 12.0. The number of carbonyl (C=O) groups excluding carboxylic acids is 1. The molecule has 0 aromatic heterocycles. The van der Waals surface area contributed by atoms with Crippen molar-refractivity contribution in [1.82, 2.24) is 0 Å².